The Kier molecular flexibility index (Phi) is 7.54. The van der Waals surface area contributed by atoms with Gasteiger partial charge in [-0.05, 0) is 55.2 Å². The van der Waals surface area contributed by atoms with Crippen molar-refractivity contribution >= 4 is 28.7 Å². The van der Waals surface area contributed by atoms with E-state index in [2.05, 4.69) is 4.98 Å². The number of carbonyl (C=O) groups is 1. The second-order valence-corrected chi connectivity index (χ2v) is 9.52. The molecule has 4 aromatic rings. The fourth-order valence-corrected chi connectivity index (χ4v) is 4.11. The molecule has 0 aliphatic carbocycles. The van der Waals surface area contributed by atoms with E-state index in [9.17, 15) is 14.4 Å². The van der Waals surface area contributed by atoms with E-state index in [1.54, 1.807) is 18.5 Å². The Bertz CT molecular complexity index is 1540. The molecule has 0 fully saturated rings. The van der Waals surface area contributed by atoms with Gasteiger partial charge in [-0.1, -0.05) is 42.8 Å². The van der Waals surface area contributed by atoms with Crippen molar-refractivity contribution in [1.82, 2.24) is 18.7 Å². The Balaban J connectivity index is 1.39. The number of fused-ring (bicyclic) bond motifs is 1. The minimum Gasteiger partial charge on any atom is -0.476 e. The van der Waals surface area contributed by atoms with Gasteiger partial charge in [0.15, 0.2) is 11.2 Å². The SMILES string of the molecule is CCC(C)(Oc1ccc(Cc2ccc(Cl)cc2)cc1)C(=O)OCCn1cnc2c1c(=O)n(C)c(=O)n2C. The van der Waals surface area contributed by atoms with Crippen molar-refractivity contribution in [3.8, 4) is 5.75 Å². The lowest BCUT2D eigenvalue weighted by atomic mass is 10.0. The van der Waals surface area contributed by atoms with E-state index < -0.39 is 22.8 Å². The van der Waals surface area contributed by atoms with Gasteiger partial charge < -0.3 is 14.0 Å². The van der Waals surface area contributed by atoms with Gasteiger partial charge in [0, 0.05) is 19.1 Å². The summed E-state index contributed by atoms with van der Waals surface area (Å²) in [7, 11) is 2.96. The van der Waals surface area contributed by atoms with Gasteiger partial charge in [-0.3, -0.25) is 13.9 Å². The van der Waals surface area contributed by atoms with Crippen LogP contribution in [0.2, 0.25) is 5.02 Å². The summed E-state index contributed by atoms with van der Waals surface area (Å²) in [5, 5.41) is 0.702. The maximum absolute atomic E-state index is 13.0. The number of benzene rings is 2. The number of imidazole rings is 1. The molecule has 9 nitrogen and oxygen atoms in total. The molecule has 0 N–H and O–H groups in total. The minimum atomic E-state index is -1.19. The first-order valence-corrected chi connectivity index (χ1v) is 12.3. The van der Waals surface area contributed by atoms with Crippen LogP contribution in [-0.2, 0) is 36.6 Å². The van der Waals surface area contributed by atoms with Gasteiger partial charge in [0.1, 0.15) is 12.4 Å². The molecular weight excluding hydrogens is 496 g/mol. The van der Waals surface area contributed by atoms with Crippen molar-refractivity contribution in [2.24, 2.45) is 14.1 Å². The van der Waals surface area contributed by atoms with Crippen molar-refractivity contribution in [2.75, 3.05) is 6.61 Å². The smallest absolute Gasteiger partial charge is 0.350 e. The molecule has 2 aromatic heterocycles. The Hall–Kier alpha value is -3.85. The van der Waals surface area contributed by atoms with Gasteiger partial charge in [-0.25, -0.2) is 14.6 Å². The quantitative estimate of drug-likeness (QED) is 0.311. The van der Waals surface area contributed by atoms with Crippen LogP contribution in [0.4, 0.5) is 0 Å². The number of aryl methyl sites for hydroxylation is 1. The third-order valence-electron chi connectivity index (χ3n) is 6.48. The zero-order chi connectivity index (χ0) is 26.7. The average Bonchev–Trinajstić information content (AvgIpc) is 3.32. The number of aromatic nitrogens is 4. The summed E-state index contributed by atoms with van der Waals surface area (Å²) in [6.45, 7) is 3.75. The van der Waals surface area contributed by atoms with Crippen LogP contribution in [0.1, 0.15) is 31.4 Å². The van der Waals surface area contributed by atoms with Gasteiger partial charge in [0.05, 0.1) is 12.9 Å². The first kappa shape index (κ1) is 26.2. The molecule has 0 spiro atoms. The molecule has 2 aromatic carbocycles. The lowest BCUT2D eigenvalue weighted by Crippen LogP contribution is -2.42. The maximum atomic E-state index is 13.0. The fraction of sp³-hybridized carbons (Fsp3) is 0.333. The number of ether oxygens (including phenoxy) is 2. The number of hydrogen-bond donors (Lipinski definition) is 0. The van der Waals surface area contributed by atoms with Crippen molar-refractivity contribution < 1.29 is 14.3 Å². The zero-order valence-corrected chi connectivity index (χ0v) is 22.0. The molecule has 10 heteroatoms. The van der Waals surface area contributed by atoms with Gasteiger partial charge in [0.2, 0.25) is 5.60 Å². The van der Waals surface area contributed by atoms with Gasteiger partial charge >= 0.3 is 11.7 Å². The third kappa shape index (κ3) is 5.46. The normalized spacial score (nSPS) is 12.9. The largest absolute Gasteiger partial charge is 0.476 e. The van der Waals surface area contributed by atoms with Crippen LogP contribution in [-0.4, -0.2) is 36.9 Å². The van der Waals surface area contributed by atoms with Crippen LogP contribution >= 0.6 is 11.6 Å². The molecule has 2 heterocycles. The molecule has 194 valence electrons. The van der Waals surface area contributed by atoms with Gasteiger partial charge in [0.25, 0.3) is 5.56 Å². The van der Waals surface area contributed by atoms with Crippen molar-refractivity contribution in [1.29, 1.82) is 0 Å². The molecule has 0 aliphatic heterocycles. The molecule has 4 rings (SSSR count). The van der Waals surface area contributed by atoms with Crippen LogP contribution in [0.25, 0.3) is 11.2 Å². The standard InChI is InChI=1S/C27H29ClN4O5/c1-5-27(2,37-21-12-8-19(9-13-21)16-18-6-10-20(28)11-7-18)25(34)36-15-14-32-17-29-23-22(32)24(33)31(4)26(35)30(23)3/h6-13,17H,5,14-16H2,1-4H3. The van der Waals surface area contributed by atoms with Crippen molar-refractivity contribution in [2.45, 2.75) is 38.8 Å². The molecule has 0 radical (unpaired) electrons. The predicted molar refractivity (Wildman–Crippen MR) is 141 cm³/mol. The Morgan fingerprint density at radius 3 is 2.24 bits per heavy atom. The minimum absolute atomic E-state index is 0.00919. The lowest BCUT2D eigenvalue weighted by molar-refractivity contribution is -0.161. The van der Waals surface area contributed by atoms with Gasteiger partial charge in [-0.15, -0.1) is 0 Å². The van der Waals surface area contributed by atoms with E-state index in [0.717, 1.165) is 22.1 Å². The number of hydrogen-bond acceptors (Lipinski definition) is 6. The fourth-order valence-electron chi connectivity index (χ4n) is 3.99. The summed E-state index contributed by atoms with van der Waals surface area (Å²) < 4.78 is 15.5. The molecule has 0 aliphatic rings. The van der Waals surface area contributed by atoms with Gasteiger partial charge in [-0.2, -0.15) is 0 Å². The average molecular weight is 525 g/mol. The number of halogens is 1. The first-order chi connectivity index (χ1) is 17.6. The number of nitrogens with zero attached hydrogens (tertiary/aromatic N) is 4. The van der Waals surface area contributed by atoms with Crippen LogP contribution in [0.15, 0.2) is 64.4 Å². The van der Waals surface area contributed by atoms with Crippen molar-refractivity contribution in [3.63, 3.8) is 0 Å². The van der Waals surface area contributed by atoms with E-state index in [1.807, 2.05) is 55.5 Å². The van der Waals surface area contributed by atoms with Crippen LogP contribution in [0.5, 0.6) is 5.75 Å². The molecule has 0 bridgehead atoms. The summed E-state index contributed by atoms with van der Waals surface area (Å²) in [4.78, 5) is 41.8. The van der Waals surface area contributed by atoms with E-state index in [0.29, 0.717) is 17.2 Å². The number of esters is 1. The van der Waals surface area contributed by atoms with E-state index in [4.69, 9.17) is 21.1 Å². The monoisotopic (exact) mass is 524 g/mol. The molecule has 0 saturated carbocycles. The summed E-state index contributed by atoms with van der Waals surface area (Å²) in [5.74, 6) is 0.0520. The predicted octanol–water partition coefficient (Wildman–Crippen LogP) is 3.47. The summed E-state index contributed by atoms with van der Waals surface area (Å²) in [6, 6.07) is 15.3. The first-order valence-electron chi connectivity index (χ1n) is 11.9. The molecule has 0 amide bonds. The number of rotatable bonds is 9. The second kappa shape index (κ2) is 10.6. The summed E-state index contributed by atoms with van der Waals surface area (Å²) in [6.07, 6.45) is 2.61. The highest BCUT2D eigenvalue weighted by atomic mass is 35.5. The maximum Gasteiger partial charge on any atom is 0.350 e. The molecule has 0 saturated heterocycles. The number of carbonyl (C=O) groups excluding carboxylic acids is 1. The van der Waals surface area contributed by atoms with E-state index in [1.165, 1.54) is 17.9 Å². The Morgan fingerprint density at radius 2 is 1.62 bits per heavy atom. The highest BCUT2D eigenvalue weighted by Gasteiger charge is 2.35. The third-order valence-corrected chi connectivity index (χ3v) is 6.73. The summed E-state index contributed by atoms with van der Waals surface area (Å²) >= 11 is 5.96. The highest BCUT2D eigenvalue weighted by molar-refractivity contribution is 6.30. The van der Waals surface area contributed by atoms with Crippen LogP contribution < -0.4 is 16.0 Å². The Morgan fingerprint density at radius 1 is 1.00 bits per heavy atom. The zero-order valence-electron chi connectivity index (χ0n) is 21.2. The molecule has 37 heavy (non-hydrogen) atoms. The van der Waals surface area contributed by atoms with Crippen molar-refractivity contribution in [3.05, 3.63) is 91.8 Å². The topological polar surface area (TPSA) is 97.3 Å². The Labute approximate surface area is 218 Å². The van der Waals surface area contributed by atoms with Crippen LogP contribution in [0.3, 0.4) is 0 Å². The molecule has 1 atom stereocenters. The second-order valence-electron chi connectivity index (χ2n) is 9.09. The molecular formula is C27H29ClN4O5. The highest BCUT2D eigenvalue weighted by Crippen LogP contribution is 2.24. The molecule has 1 unspecified atom stereocenters. The van der Waals surface area contributed by atoms with Crippen LogP contribution in [0, 0.1) is 0 Å². The van der Waals surface area contributed by atoms with E-state index in [-0.39, 0.29) is 24.3 Å². The summed E-state index contributed by atoms with van der Waals surface area (Å²) in [5.41, 5.74) is 0.701. The van der Waals surface area contributed by atoms with E-state index >= 15 is 0 Å². The lowest BCUT2D eigenvalue weighted by Gasteiger charge is -2.27.